The summed E-state index contributed by atoms with van der Waals surface area (Å²) in [5.74, 6) is -2.08. The number of alkyl halides is 3. The number of rotatable bonds is 2. The highest BCUT2D eigenvalue weighted by Gasteiger charge is 2.47. The first-order valence-electron chi connectivity index (χ1n) is 6.43. The molecule has 1 fully saturated rings. The molecule has 2 unspecified atom stereocenters. The van der Waals surface area contributed by atoms with E-state index in [2.05, 4.69) is 0 Å². The second-order valence-corrected chi connectivity index (χ2v) is 5.91. The largest absolute Gasteiger partial charge is 0.391 e. The molecule has 1 N–H and O–H groups in total. The van der Waals surface area contributed by atoms with Gasteiger partial charge in [0.2, 0.25) is 0 Å². The fourth-order valence-electron chi connectivity index (χ4n) is 2.81. The minimum Gasteiger partial charge on any atom is -0.390 e. The predicted molar refractivity (Wildman–Crippen MR) is 68.1 cm³/mol. The third-order valence-corrected chi connectivity index (χ3v) is 4.05. The first-order valence-corrected chi connectivity index (χ1v) is 6.80. The van der Waals surface area contributed by atoms with Crippen molar-refractivity contribution in [2.24, 2.45) is 5.92 Å². The van der Waals surface area contributed by atoms with Crippen molar-refractivity contribution >= 4 is 11.6 Å². The van der Waals surface area contributed by atoms with Crippen LogP contribution in [0.4, 0.5) is 17.6 Å². The average Bonchev–Trinajstić information content (AvgIpc) is 2.32. The summed E-state index contributed by atoms with van der Waals surface area (Å²) in [6, 6.07) is 3.88. The van der Waals surface area contributed by atoms with Crippen LogP contribution in [0.25, 0.3) is 0 Å². The predicted octanol–water partition coefficient (Wildman–Crippen LogP) is 4.51. The molecule has 0 saturated heterocycles. The molecule has 1 aromatic carbocycles. The fraction of sp³-hybridized carbons (Fsp3) is 0.571. The summed E-state index contributed by atoms with van der Waals surface area (Å²) >= 11 is 5.75. The van der Waals surface area contributed by atoms with Crippen LogP contribution in [0, 0.1) is 11.7 Å². The maximum atomic E-state index is 13.6. The Kier molecular flexibility index (Phi) is 4.30. The van der Waals surface area contributed by atoms with Crippen LogP contribution in [0.2, 0.25) is 5.02 Å². The van der Waals surface area contributed by atoms with Crippen molar-refractivity contribution < 1.29 is 22.7 Å². The molecule has 0 bridgehead atoms. The highest BCUT2D eigenvalue weighted by Crippen LogP contribution is 2.43. The molecule has 0 amide bonds. The van der Waals surface area contributed by atoms with Crippen molar-refractivity contribution in [1.29, 1.82) is 0 Å². The van der Waals surface area contributed by atoms with Crippen molar-refractivity contribution in [2.75, 3.05) is 0 Å². The van der Waals surface area contributed by atoms with Crippen molar-refractivity contribution in [2.45, 2.75) is 43.9 Å². The molecule has 2 atom stereocenters. The fourth-order valence-corrected chi connectivity index (χ4v) is 3.01. The first-order chi connectivity index (χ1) is 9.20. The zero-order valence-electron chi connectivity index (χ0n) is 10.7. The van der Waals surface area contributed by atoms with E-state index in [1.54, 1.807) is 0 Å². The lowest BCUT2D eigenvalue weighted by atomic mass is 9.75. The van der Waals surface area contributed by atoms with Crippen molar-refractivity contribution in [3.63, 3.8) is 0 Å². The van der Waals surface area contributed by atoms with Gasteiger partial charge in [-0.2, -0.15) is 13.2 Å². The van der Waals surface area contributed by atoms with Gasteiger partial charge >= 0.3 is 6.18 Å². The molecule has 1 saturated carbocycles. The van der Waals surface area contributed by atoms with Crippen LogP contribution in [-0.4, -0.2) is 16.9 Å². The molecule has 1 aliphatic rings. The summed E-state index contributed by atoms with van der Waals surface area (Å²) in [6.45, 7) is 0. The first kappa shape index (κ1) is 15.6. The van der Waals surface area contributed by atoms with E-state index < -0.39 is 23.5 Å². The summed E-state index contributed by atoms with van der Waals surface area (Å²) in [6.07, 6.45) is -4.31. The van der Waals surface area contributed by atoms with Crippen LogP contribution in [0.3, 0.4) is 0 Å². The van der Waals surface area contributed by atoms with E-state index in [1.807, 2.05) is 0 Å². The average molecular weight is 311 g/mol. The summed E-state index contributed by atoms with van der Waals surface area (Å²) in [4.78, 5) is 0. The number of benzene rings is 1. The SMILES string of the molecule is OC1(Cc2cc(Cl)ccc2F)CCCC(C(F)(F)F)C1. The lowest BCUT2D eigenvalue weighted by Gasteiger charge is -2.37. The molecule has 0 radical (unpaired) electrons. The third-order valence-electron chi connectivity index (χ3n) is 3.81. The van der Waals surface area contributed by atoms with Gasteiger partial charge in [0, 0.05) is 11.4 Å². The van der Waals surface area contributed by atoms with Gasteiger partial charge in [-0.25, -0.2) is 4.39 Å². The molecule has 0 heterocycles. The number of aliphatic hydroxyl groups is 1. The molecule has 1 aliphatic carbocycles. The standard InChI is InChI=1S/C14H15ClF4O/c15-11-3-4-12(16)9(6-11)7-13(20)5-1-2-10(8-13)14(17,18)19/h3-4,6,10,20H,1-2,5,7-8H2. The van der Waals surface area contributed by atoms with Gasteiger partial charge in [-0.1, -0.05) is 11.6 Å². The van der Waals surface area contributed by atoms with Crippen molar-refractivity contribution in [3.8, 4) is 0 Å². The molecule has 0 aliphatic heterocycles. The van der Waals surface area contributed by atoms with Gasteiger partial charge < -0.3 is 5.11 Å². The van der Waals surface area contributed by atoms with E-state index in [0.717, 1.165) is 6.07 Å². The zero-order chi connectivity index (χ0) is 15.0. The molecule has 2 rings (SSSR count). The molecular formula is C14H15ClF4O. The molecule has 0 spiro atoms. The highest BCUT2D eigenvalue weighted by molar-refractivity contribution is 6.30. The second kappa shape index (κ2) is 5.53. The van der Waals surface area contributed by atoms with Crippen LogP contribution in [0.1, 0.15) is 31.2 Å². The van der Waals surface area contributed by atoms with Crippen molar-refractivity contribution in [3.05, 3.63) is 34.6 Å². The summed E-state index contributed by atoms with van der Waals surface area (Å²) in [5, 5.41) is 10.7. The van der Waals surface area contributed by atoms with E-state index in [9.17, 15) is 22.7 Å². The quantitative estimate of drug-likeness (QED) is 0.797. The Morgan fingerprint density at radius 1 is 1.35 bits per heavy atom. The molecule has 112 valence electrons. The summed E-state index contributed by atoms with van der Waals surface area (Å²) in [5.41, 5.74) is -1.37. The van der Waals surface area contributed by atoms with E-state index in [4.69, 9.17) is 11.6 Å². The minimum atomic E-state index is -4.32. The second-order valence-electron chi connectivity index (χ2n) is 5.47. The van der Waals surface area contributed by atoms with E-state index in [0.29, 0.717) is 5.02 Å². The lowest BCUT2D eigenvalue weighted by molar-refractivity contribution is -0.200. The molecule has 1 aromatic rings. The van der Waals surface area contributed by atoms with Gasteiger partial charge in [0.25, 0.3) is 0 Å². The Bertz CT molecular complexity index is 489. The van der Waals surface area contributed by atoms with Gasteiger partial charge in [-0.05, 0) is 49.4 Å². The Labute approximate surface area is 119 Å². The van der Waals surface area contributed by atoms with Gasteiger partial charge in [0.15, 0.2) is 0 Å². The van der Waals surface area contributed by atoms with Gasteiger partial charge in [0.05, 0.1) is 11.5 Å². The summed E-state index contributed by atoms with van der Waals surface area (Å²) < 4.78 is 51.9. The molecule has 1 nitrogen and oxygen atoms in total. The van der Waals surface area contributed by atoms with Crippen LogP contribution in [0.15, 0.2) is 18.2 Å². The van der Waals surface area contributed by atoms with E-state index in [-0.39, 0.29) is 37.7 Å². The van der Waals surface area contributed by atoms with Crippen LogP contribution >= 0.6 is 11.6 Å². The highest BCUT2D eigenvalue weighted by atomic mass is 35.5. The van der Waals surface area contributed by atoms with Gasteiger partial charge in [0.1, 0.15) is 5.82 Å². The van der Waals surface area contributed by atoms with Crippen LogP contribution < -0.4 is 0 Å². The van der Waals surface area contributed by atoms with Crippen LogP contribution in [0.5, 0.6) is 0 Å². The molecule has 20 heavy (non-hydrogen) atoms. The minimum absolute atomic E-state index is 0.0177. The monoisotopic (exact) mass is 310 g/mol. The number of hydrogen-bond acceptors (Lipinski definition) is 1. The molecular weight excluding hydrogens is 296 g/mol. The molecule has 6 heteroatoms. The summed E-state index contributed by atoms with van der Waals surface area (Å²) in [7, 11) is 0. The number of halogens is 5. The Morgan fingerprint density at radius 2 is 2.05 bits per heavy atom. The van der Waals surface area contributed by atoms with Crippen LogP contribution in [-0.2, 0) is 6.42 Å². The van der Waals surface area contributed by atoms with E-state index in [1.165, 1.54) is 12.1 Å². The maximum absolute atomic E-state index is 13.6. The number of hydrogen-bond donors (Lipinski definition) is 1. The zero-order valence-corrected chi connectivity index (χ0v) is 11.4. The lowest BCUT2D eigenvalue weighted by Crippen LogP contribution is -2.42. The Balaban J connectivity index is 2.16. The van der Waals surface area contributed by atoms with Gasteiger partial charge in [-0.3, -0.25) is 0 Å². The smallest absolute Gasteiger partial charge is 0.390 e. The normalized spacial score (nSPS) is 27.6. The topological polar surface area (TPSA) is 20.2 Å². The maximum Gasteiger partial charge on any atom is 0.391 e. The van der Waals surface area contributed by atoms with Gasteiger partial charge in [-0.15, -0.1) is 0 Å². The Morgan fingerprint density at radius 3 is 2.70 bits per heavy atom. The molecule has 0 aromatic heterocycles. The van der Waals surface area contributed by atoms with E-state index >= 15 is 0 Å². The Hall–Kier alpha value is -0.810. The van der Waals surface area contributed by atoms with Crippen molar-refractivity contribution in [1.82, 2.24) is 0 Å². The third kappa shape index (κ3) is 3.64.